The summed E-state index contributed by atoms with van der Waals surface area (Å²) in [5, 5.41) is 9.09. The maximum absolute atomic E-state index is 6.79. The van der Waals surface area contributed by atoms with Crippen molar-refractivity contribution in [2.45, 2.75) is 32.8 Å². The van der Waals surface area contributed by atoms with E-state index in [1.54, 1.807) is 0 Å². The fourth-order valence-electron chi connectivity index (χ4n) is 4.75. The minimum atomic E-state index is 0.420. The van der Waals surface area contributed by atoms with Gasteiger partial charge in [0.15, 0.2) is 0 Å². The van der Waals surface area contributed by atoms with Crippen LogP contribution in [-0.2, 0) is 32.8 Å². The van der Waals surface area contributed by atoms with Crippen LogP contribution in [0.15, 0.2) is 103 Å². The number of ether oxygens (including phenoxy) is 2. The van der Waals surface area contributed by atoms with Crippen LogP contribution in [0.3, 0.4) is 0 Å². The monoisotopic (exact) mass is 521 g/mol. The molecule has 1 N–H and O–H groups in total. The summed E-state index contributed by atoms with van der Waals surface area (Å²) in [6.07, 6.45) is 0. The molecule has 1 aliphatic rings. The number of hydrogen-bond acceptors (Lipinski definition) is 4. The molecule has 6 rings (SSSR count). The first kappa shape index (κ1) is 24.3. The number of fused-ring (bicyclic) bond motifs is 1. The van der Waals surface area contributed by atoms with Crippen molar-refractivity contribution in [3.05, 3.63) is 136 Å². The number of nitrogens with zero attached hydrogens (tertiary/aromatic N) is 2. The lowest BCUT2D eigenvalue weighted by Gasteiger charge is -2.16. The van der Waals surface area contributed by atoms with Gasteiger partial charge in [-0.1, -0.05) is 103 Å². The van der Waals surface area contributed by atoms with E-state index in [1.807, 2.05) is 66.7 Å². The lowest BCUT2D eigenvalue weighted by molar-refractivity contribution is 0.291. The second kappa shape index (κ2) is 11.1. The van der Waals surface area contributed by atoms with E-state index in [1.165, 1.54) is 16.8 Å². The lowest BCUT2D eigenvalue weighted by atomic mass is 10.1. The molecule has 38 heavy (non-hydrogen) atoms. The molecular formula is C32H28ClN3O2. The highest BCUT2D eigenvalue weighted by Gasteiger charge is 2.26. The predicted octanol–water partition coefficient (Wildman–Crippen LogP) is 7.01. The Hall–Kier alpha value is -4.06. The Labute approximate surface area is 227 Å². The maximum Gasteiger partial charge on any atom is 0.142 e. The number of aromatic nitrogens is 2. The standard InChI is InChI=1S/C32H28ClN3O2/c33-28-16-26(32-27-18-34-19-29(27)36(35-32)20-23-10-4-1-5-11-23)30(37-21-24-12-6-2-7-13-24)17-31(28)38-22-25-14-8-3-9-15-25/h1-17,34H,18-22H2. The van der Waals surface area contributed by atoms with E-state index in [9.17, 15) is 0 Å². The summed E-state index contributed by atoms with van der Waals surface area (Å²) in [6, 6.07) is 34.4. The van der Waals surface area contributed by atoms with E-state index in [2.05, 4.69) is 46.4 Å². The molecule has 6 heteroatoms. The van der Waals surface area contributed by atoms with Gasteiger partial charge in [0.25, 0.3) is 0 Å². The van der Waals surface area contributed by atoms with E-state index in [0.717, 1.165) is 35.5 Å². The second-order valence-corrected chi connectivity index (χ2v) is 9.76. The molecule has 0 radical (unpaired) electrons. The van der Waals surface area contributed by atoms with Crippen LogP contribution < -0.4 is 14.8 Å². The number of benzene rings is 4. The lowest BCUT2D eigenvalue weighted by Crippen LogP contribution is -2.10. The van der Waals surface area contributed by atoms with Crippen LogP contribution in [0.4, 0.5) is 0 Å². The second-order valence-electron chi connectivity index (χ2n) is 9.35. The van der Waals surface area contributed by atoms with Gasteiger partial charge in [0.2, 0.25) is 0 Å². The van der Waals surface area contributed by atoms with Crippen molar-refractivity contribution in [2.24, 2.45) is 0 Å². The third-order valence-corrected chi connectivity index (χ3v) is 6.99. The highest BCUT2D eigenvalue weighted by Crippen LogP contribution is 2.41. The van der Waals surface area contributed by atoms with Crippen LogP contribution >= 0.6 is 11.6 Å². The molecule has 0 saturated carbocycles. The Bertz CT molecular complexity index is 1520. The third-order valence-electron chi connectivity index (χ3n) is 6.70. The van der Waals surface area contributed by atoms with Gasteiger partial charge in [0.1, 0.15) is 30.4 Å². The molecule has 0 saturated heterocycles. The number of halogens is 1. The van der Waals surface area contributed by atoms with Gasteiger partial charge in [-0.25, -0.2) is 0 Å². The SMILES string of the molecule is Clc1cc(-c2nn(Cc3ccccc3)c3c2CNC3)c(OCc2ccccc2)cc1OCc1ccccc1. The molecule has 2 heterocycles. The average Bonchev–Trinajstić information content (AvgIpc) is 3.57. The normalized spacial score (nSPS) is 12.3. The van der Waals surface area contributed by atoms with Crippen molar-refractivity contribution in [2.75, 3.05) is 0 Å². The van der Waals surface area contributed by atoms with Gasteiger partial charge in [-0.2, -0.15) is 5.10 Å². The largest absolute Gasteiger partial charge is 0.488 e. The molecular weight excluding hydrogens is 494 g/mol. The van der Waals surface area contributed by atoms with E-state index in [4.69, 9.17) is 26.2 Å². The Balaban J connectivity index is 1.37. The van der Waals surface area contributed by atoms with Crippen LogP contribution in [0.1, 0.15) is 27.9 Å². The molecule has 0 bridgehead atoms. The summed E-state index contributed by atoms with van der Waals surface area (Å²) in [5.41, 5.74) is 7.49. The highest BCUT2D eigenvalue weighted by atomic mass is 35.5. The molecule has 0 aliphatic carbocycles. The Morgan fingerprint density at radius 1 is 0.711 bits per heavy atom. The number of hydrogen-bond donors (Lipinski definition) is 1. The zero-order valence-electron chi connectivity index (χ0n) is 20.9. The van der Waals surface area contributed by atoms with Gasteiger partial charge in [-0.15, -0.1) is 0 Å². The fourth-order valence-corrected chi connectivity index (χ4v) is 4.97. The van der Waals surface area contributed by atoms with Crippen molar-refractivity contribution in [3.8, 4) is 22.8 Å². The predicted molar refractivity (Wildman–Crippen MR) is 150 cm³/mol. The molecule has 1 aliphatic heterocycles. The zero-order valence-corrected chi connectivity index (χ0v) is 21.7. The molecule has 4 aromatic carbocycles. The van der Waals surface area contributed by atoms with Gasteiger partial charge in [-0.05, 0) is 22.8 Å². The van der Waals surface area contributed by atoms with Crippen LogP contribution in [0.5, 0.6) is 11.5 Å². The van der Waals surface area contributed by atoms with Crippen LogP contribution in [-0.4, -0.2) is 9.78 Å². The van der Waals surface area contributed by atoms with Crippen LogP contribution in [0.25, 0.3) is 11.3 Å². The van der Waals surface area contributed by atoms with Crippen molar-refractivity contribution >= 4 is 11.6 Å². The summed E-state index contributed by atoms with van der Waals surface area (Å²) in [7, 11) is 0. The van der Waals surface area contributed by atoms with Gasteiger partial charge in [-0.3, -0.25) is 4.68 Å². The van der Waals surface area contributed by atoms with Gasteiger partial charge < -0.3 is 14.8 Å². The van der Waals surface area contributed by atoms with Crippen molar-refractivity contribution < 1.29 is 9.47 Å². The van der Waals surface area contributed by atoms with Crippen molar-refractivity contribution in [1.29, 1.82) is 0 Å². The first-order valence-electron chi connectivity index (χ1n) is 12.7. The minimum absolute atomic E-state index is 0.420. The Morgan fingerprint density at radius 2 is 1.29 bits per heavy atom. The smallest absolute Gasteiger partial charge is 0.142 e. The average molecular weight is 522 g/mol. The molecule has 0 fully saturated rings. The molecule has 5 nitrogen and oxygen atoms in total. The minimum Gasteiger partial charge on any atom is -0.488 e. The third kappa shape index (κ3) is 5.30. The summed E-state index contributed by atoms with van der Waals surface area (Å²) in [5.74, 6) is 1.28. The van der Waals surface area contributed by atoms with Crippen LogP contribution in [0.2, 0.25) is 5.02 Å². The Kier molecular flexibility index (Phi) is 7.12. The number of rotatable bonds is 9. The molecule has 5 aromatic rings. The molecule has 0 spiro atoms. The quantitative estimate of drug-likeness (QED) is 0.226. The molecule has 190 valence electrons. The summed E-state index contributed by atoms with van der Waals surface area (Å²) in [6.45, 7) is 3.09. The van der Waals surface area contributed by atoms with Crippen LogP contribution in [0, 0.1) is 0 Å². The van der Waals surface area contributed by atoms with E-state index in [0.29, 0.717) is 36.3 Å². The first-order chi connectivity index (χ1) is 18.7. The van der Waals surface area contributed by atoms with Gasteiger partial charge in [0.05, 0.1) is 17.3 Å². The molecule has 0 atom stereocenters. The summed E-state index contributed by atoms with van der Waals surface area (Å²) >= 11 is 6.79. The van der Waals surface area contributed by atoms with Crippen molar-refractivity contribution in [1.82, 2.24) is 15.1 Å². The maximum atomic E-state index is 6.79. The highest BCUT2D eigenvalue weighted by molar-refractivity contribution is 6.32. The molecule has 0 unspecified atom stereocenters. The fraction of sp³-hybridized carbons (Fsp3) is 0.156. The summed E-state index contributed by atoms with van der Waals surface area (Å²) in [4.78, 5) is 0. The van der Waals surface area contributed by atoms with E-state index < -0.39 is 0 Å². The number of nitrogens with one attached hydrogen (secondary N) is 1. The zero-order chi connectivity index (χ0) is 25.7. The van der Waals surface area contributed by atoms with Gasteiger partial charge >= 0.3 is 0 Å². The van der Waals surface area contributed by atoms with Gasteiger partial charge in [0, 0.05) is 30.3 Å². The summed E-state index contributed by atoms with van der Waals surface area (Å²) < 4.78 is 14.6. The van der Waals surface area contributed by atoms with E-state index in [-0.39, 0.29) is 0 Å². The van der Waals surface area contributed by atoms with E-state index >= 15 is 0 Å². The van der Waals surface area contributed by atoms with Crippen molar-refractivity contribution in [3.63, 3.8) is 0 Å². The molecule has 0 amide bonds. The topological polar surface area (TPSA) is 48.3 Å². The first-order valence-corrected chi connectivity index (χ1v) is 13.1. The molecule has 1 aromatic heterocycles. The Morgan fingerprint density at radius 3 is 1.92 bits per heavy atom.